The fourth-order valence-electron chi connectivity index (χ4n) is 4.03. The molecular weight excluding hydrogens is 446 g/mol. The van der Waals surface area contributed by atoms with E-state index in [-0.39, 0.29) is 53.0 Å². The molecule has 1 aliphatic heterocycles. The summed E-state index contributed by atoms with van der Waals surface area (Å²) in [7, 11) is -4.20. The molecule has 1 aromatic rings. The molecule has 0 aliphatic carbocycles. The Bertz CT molecular complexity index is 840. The number of benzene rings is 1. The van der Waals surface area contributed by atoms with Crippen LogP contribution in [0.2, 0.25) is 36.3 Å². The van der Waals surface area contributed by atoms with Crippen LogP contribution < -0.4 is 0 Å². The van der Waals surface area contributed by atoms with Gasteiger partial charge in [0.25, 0.3) is 0 Å². The summed E-state index contributed by atoms with van der Waals surface area (Å²) in [5, 5.41) is 0.0423. The van der Waals surface area contributed by atoms with Gasteiger partial charge < -0.3 is 13.7 Å². The van der Waals surface area contributed by atoms with Gasteiger partial charge in [0.2, 0.25) is 5.91 Å². The van der Waals surface area contributed by atoms with Crippen LogP contribution in [0.5, 0.6) is 0 Å². The third kappa shape index (κ3) is 5.98. The molecule has 5 nitrogen and oxygen atoms in total. The molecule has 3 atom stereocenters. The van der Waals surface area contributed by atoms with Crippen LogP contribution >= 0.6 is 0 Å². The van der Waals surface area contributed by atoms with Gasteiger partial charge in [0.1, 0.15) is 6.61 Å². The van der Waals surface area contributed by atoms with Crippen LogP contribution in [0.15, 0.2) is 30.3 Å². The first kappa shape index (κ1) is 27.8. The second-order valence-electron chi connectivity index (χ2n) is 12.5. The number of carbonyl (C=O) groups is 2. The Hall–Kier alpha value is -1.45. The number of hydrogen-bond donors (Lipinski definition) is 0. The number of ether oxygens (including phenoxy) is 1. The molecule has 0 radical (unpaired) electrons. The summed E-state index contributed by atoms with van der Waals surface area (Å²) < 4.78 is 14.3. The summed E-state index contributed by atoms with van der Waals surface area (Å²) in [6, 6.07) is 9.52. The van der Waals surface area contributed by atoms with E-state index in [1.807, 2.05) is 41.8 Å². The Balaban J connectivity index is 2.23. The normalized spacial score (nSPS) is 20.9. The molecule has 3 unspecified atom stereocenters. The molecule has 0 spiro atoms. The first-order valence-corrected chi connectivity index (χ1v) is 18.0. The van der Waals surface area contributed by atoms with Crippen molar-refractivity contribution in [1.29, 1.82) is 0 Å². The van der Waals surface area contributed by atoms with Crippen LogP contribution in [0.1, 0.15) is 60.5 Å². The van der Waals surface area contributed by atoms with E-state index < -0.39 is 16.6 Å². The van der Waals surface area contributed by atoms with Crippen molar-refractivity contribution in [2.24, 2.45) is 5.92 Å². The largest absolute Gasteiger partial charge is 0.461 e. The van der Waals surface area contributed by atoms with Crippen LogP contribution in [-0.4, -0.2) is 45.1 Å². The predicted octanol–water partition coefficient (Wildman–Crippen LogP) is 6.36. The Morgan fingerprint density at radius 2 is 1.55 bits per heavy atom. The maximum absolute atomic E-state index is 13.5. The van der Waals surface area contributed by atoms with Crippen molar-refractivity contribution >= 4 is 28.4 Å². The van der Waals surface area contributed by atoms with Gasteiger partial charge in [0.15, 0.2) is 16.6 Å². The Kier molecular flexibility index (Phi) is 8.14. The van der Waals surface area contributed by atoms with E-state index in [4.69, 9.17) is 9.16 Å². The number of amides is 1. The number of hydrogen-bond acceptors (Lipinski definition) is 4. The van der Waals surface area contributed by atoms with E-state index in [9.17, 15) is 9.59 Å². The van der Waals surface area contributed by atoms with Crippen LogP contribution in [-0.2, 0) is 25.4 Å². The highest BCUT2D eigenvalue weighted by Crippen LogP contribution is 2.48. The van der Waals surface area contributed by atoms with E-state index >= 15 is 0 Å². The van der Waals surface area contributed by atoms with Crippen molar-refractivity contribution in [2.45, 2.75) is 110 Å². The molecule has 33 heavy (non-hydrogen) atoms. The van der Waals surface area contributed by atoms with E-state index in [1.54, 1.807) is 0 Å². The molecule has 1 saturated heterocycles. The SMILES string of the molecule is CC(O[Si](C)(C)C(C)(C)C)C1C(=O)N([Si](C)(C)C(C)(C)C)C1CC(=O)OCc1ccccc1. The van der Waals surface area contributed by atoms with Gasteiger partial charge in [0, 0.05) is 6.04 Å². The Morgan fingerprint density at radius 3 is 2.03 bits per heavy atom. The van der Waals surface area contributed by atoms with E-state index in [0.29, 0.717) is 0 Å². The van der Waals surface area contributed by atoms with Crippen LogP contribution in [0.4, 0.5) is 0 Å². The molecule has 0 saturated carbocycles. The van der Waals surface area contributed by atoms with Crippen molar-refractivity contribution < 1.29 is 18.8 Å². The fraction of sp³-hybridized carbons (Fsp3) is 0.692. The molecule has 186 valence electrons. The van der Waals surface area contributed by atoms with Crippen LogP contribution in [0, 0.1) is 5.92 Å². The third-order valence-electron chi connectivity index (χ3n) is 8.12. The highest BCUT2D eigenvalue weighted by Gasteiger charge is 2.60. The maximum atomic E-state index is 13.5. The molecule has 0 N–H and O–H groups in total. The summed E-state index contributed by atoms with van der Waals surface area (Å²) in [6.45, 7) is 24.3. The standard InChI is InChI=1S/C26H45NO4Si2/c1-19(31-33(10,11)26(5,6)7)23-21(27(24(23)29)32(8,9)25(2,3)4)17-22(28)30-18-20-15-13-12-14-16-20/h12-16,19,21,23H,17-18H2,1-11H3. The maximum Gasteiger partial charge on any atom is 0.308 e. The van der Waals surface area contributed by atoms with Crippen molar-refractivity contribution in [1.82, 2.24) is 4.57 Å². The second-order valence-corrected chi connectivity index (χ2v) is 22.4. The molecule has 7 heteroatoms. The van der Waals surface area contributed by atoms with Crippen molar-refractivity contribution in [3.05, 3.63) is 35.9 Å². The van der Waals surface area contributed by atoms with E-state index in [2.05, 4.69) is 67.7 Å². The number of nitrogens with zero attached hydrogens (tertiary/aromatic N) is 1. The molecule has 1 aliphatic rings. The number of β-lactam (4-membered cyclic amide) rings is 1. The minimum atomic E-state index is -2.15. The molecule has 1 aromatic carbocycles. The number of carbonyl (C=O) groups excluding carboxylic acids is 2. The Labute approximate surface area is 203 Å². The quantitative estimate of drug-likeness (QED) is 0.241. The zero-order valence-corrected chi connectivity index (χ0v) is 24.6. The van der Waals surface area contributed by atoms with Gasteiger partial charge in [-0.05, 0) is 35.7 Å². The summed E-state index contributed by atoms with van der Waals surface area (Å²) >= 11 is 0. The molecule has 0 bridgehead atoms. The lowest BCUT2D eigenvalue weighted by Crippen LogP contribution is -2.75. The highest BCUT2D eigenvalue weighted by atomic mass is 28.4. The van der Waals surface area contributed by atoms with E-state index in [0.717, 1.165) is 5.56 Å². The number of esters is 1. The summed E-state index contributed by atoms with van der Waals surface area (Å²) in [5.41, 5.74) is 0.961. The Morgan fingerprint density at radius 1 is 1.00 bits per heavy atom. The average Bonchev–Trinajstić information content (AvgIpc) is 2.64. The van der Waals surface area contributed by atoms with Gasteiger partial charge in [-0.25, -0.2) is 0 Å². The van der Waals surface area contributed by atoms with Gasteiger partial charge in [0.05, 0.1) is 18.4 Å². The van der Waals surface area contributed by atoms with Crippen molar-refractivity contribution in [3.63, 3.8) is 0 Å². The molecule has 0 aromatic heterocycles. The molecular formula is C26H45NO4Si2. The zero-order valence-electron chi connectivity index (χ0n) is 22.6. The molecule has 1 heterocycles. The van der Waals surface area contributed by atoms with Crippen molar-refractivity contribution in [3.8, 4) is 0 Å². The first-order chi connectivity index (χ1) is 14.9. The zero-order chi connectivity index (χ0) is 25.4. The lowest BCUT2D eigenvalue weighted by molar-refractivity contribution is -0.160. The molecule has 2 rings (SSSR count). The van der Waals surface area contributed by atoms with Crippen molar-refractivity contribution in [2.75, 3.05) is 0 Å². The smallest absolute Gasteiger partial charge is 0.308 e. The highest BCUT2D eigenvalue weighted by molar-refractivity contribution is 6.80. The number of rotatable bonds is 8. The van der Waals surface area contributed by atoms with Gasteiger partial charge in [-0.15, -0.1) is 0 Å². The van der Waals surface area contributed by atoms with Gasteiger partial charge in [-0.1, -0.05) is 85.0 Å². The molecule has 1 fully saturated rings. The summed E-state index contributed by atoms with van der Waals surface area (Å²) in [6.07, 6.45) is -0.0210. The predicted molar refractivity (Wildman–Crippen MR) is 140 cm³/mol. The lowest BCUT2D eigenvalue weighted by Gasteiger charge is -2.60. The average molecular weight is 492 g/mol. The summed E-state index contributed by atoms with van der Waals surface area (Å²) in [5.74, 6) is -0.434. The first-order valence-electron chi connectivity index (χ1n) is 12.1. The topological polar surface area (TPSA) is 55.8 Å². The fourth-order valence-corrected chi connectivity index (χ4v) is 7.97. The second kappa shape index (κ2) is 9.66. The minimum absolute atomic E-state index is 0.0106. The summed E-state index contributed by atoms with van der Waals surface area (Å²) in [4.78, 5) is 26.4. The monoisotopic (exact) mass is 491 g/mol. The van der Waals surface area contributed by atoms with Gasteiger partial charge >= 0.3 is 5.97 Å². The van der Waals surface area contributed by atoms with Crippen LogP contribution in [0.25, 0.3) is 0 Å². The van der Waals surface area contributed by atoms with Crippen LogP contribution in [0.3, 0.4) is 0 Å². The van der Waals surface area contributed by atoms with E-state index in [1.165, 1.54) is 0 Å². The molecule has 1 amide bonds. The minimum Gasteiger partial charge on any atom is -0.461 e. The van der Waals surface area contributed by atoms with Gasteiger partial charge in [-0.3, -0.25) is 9.59 Å². The van der Waals surface area contributed by atoms with Gasteiger partial charge in [-0.2, -0.15) is 0 Å². The third-order valence-corrected chi connectivity index (χ3v) is 18.1. The lowest BCUT2D eigenvalue weighted by atomic mass is 9.84.